The Balaban J connectivity index is 3.05. The molecule has 0 spiro atoms. The summed E-state index contributed by atoms with van der Waals surface area (Å²) in [7, 11) is -5.92. The lowest BCUT2D eigenvalue weighted by molar-refractivity contribution is -0.262. The molecule has 0 N–H and O–H groups in total. The first-order valence-corrected chi connectivity index (χ1v) is 8.62. The Morgan fingerprint density at radius 1 is 1.08 bits per heavy atom. The average molecular weight is 392 g/mol. The minimum absolute atomic E-state index is 0.239. The van der Waals surface area contributed by atoms with E-state index in [9.17, 15) is 31.2 Å². The van der Waals surface area contributed by atoms with E-state index in [0.29, 0.717) is 0 Å². The van der Waals surface area contributed by atoms with Gasteiger partial charge in [0.25, 0.3) is 0 Å². The third kappa shape index (κ3) is 5.54. The zero-order valence-electron chi connectivity index (χ0n) is 13.9. The molecular weight excluding hydrogens is 373 g/mol. The SMILES string of the molecule is CC(=O)OCC1OC(OC(C)=O)C(OS(=O)(=O)C(F)(F)F)C(C)C1C. The largest absolute Gasteiger partial charge is 0.523 e. The zero-order chi connectivity index (χ0) is 19.6. The molecule has 0 amide bonds. The van der Waals surface area contributed by atoms with E-state index in [0.717, 1.165) is 13.8 Å². The topological polar surface area (TPSA) is 105 Å². The van der Waals surface area contributed by atoms with Crippen molar-refractivity contribution in [3.8, 4) is 0 Å². The molecule has 8 nitrogen and oxygen atoms in total. The monoisotopic (exact) mass is 392 g/mol. The molecule has 1 saturated heterocycles. The van der Waals surface area contributed by atoms with Gasteiger partial charge in [0, 0.05) is 13.8 Å². The van der Waals surface area contributed by atoms with Crippen molar-refractivity contribution in [2.75, 3.05) is 6.61 Å². The van der Waals surface area contributed by atoms with Crippen molar-refractivity contribution in [2.45, 2.75) is 51.7 Å². The van der Waals surface area contributed by atoms with Gasteiger partial charge in [-0.1, -0.05) is 13.8 Å². The Morgan fingerprint density at radius 3 is 2.08 bits per heavy atom. The van der Waals surface area contributed by atoms with Crippen molar-refractivity contribution in [1.29, 1.82) is 0 Å². The van der Waals surface area contributed by atoms with Crippen molar-refractivity contribution in [1.82, 2.24) is 0 Å². The van der Waals surface area contributed by atoms with Gasteiger partial charge in [-0.3, -0.25) is 13.8 Å². The van der Waals surface area contributed by atoms with E-state index in [1.54, 1.807) is 6.92 Å². The van der Waals surface area contributed by atoms with Crippen LogP contribution in [0.3, 0.4) is 0 Å². The van der Waals surface area contributed by atoms with Gasteiger partial charge in [0.1, 0.15) is 12.7 Å². The van der Waals surface area contributed by atoms with Gasteiger partial charge >= 0.3 is 27.6 Å². The number of hydrogen-bond donors (Lipinski definition) is 0. The number of alkyl halides is 3. The Hall–Kier alpha value is -1.40. The molecule has 1 fully saturated rings. The summed E-state index contributed by atoms with van der Waals surface area (Å²) in [5, 5.41) is 0. The number of rotatable bonds is 5. The molecule has 0 aromatic heterocycles. The Kier molecular flexibility index (Phi) is 6.81. The highest BCUT2D eigenvalue weighted by molar-refractivity contribution is 7.87. The number of hydrogen-bond acceptors (Lipinski definition) is 8. The van der Waals surface area contributed by atoms with Gasteiger partial charge in [-0.25, -0.2) is 0 Å². The summed E-state index contributed by atoms with van der Waals surface area (Å²) in [4.78, 5) is 22.1. The van der Waals surface area contributed by atoms with Crippen LogP contribution in [0, 0.1) is 11.8 Å². The quantitative estimate of drug-likeness (QED) is 0.392. The zero-order valence-corrected chi connectivity index (χ0v) is 14.7. The molecule has 0 saturated carbocycles. The minimum atomic E-state index is -5.92. The predicted molar refractivity (Wildman–Crippen MR) is 75.2 cm³/mol. The van der Waals surface area contributed by atoms with E-state index in [4.69, 9.17) is 14.2 Å². The molecule has 0 bridgehead atoms. The van der Waals surface area contributed by atoms with E-state index in [1.807, 2.05) is 0 Å². The van der Waals surface area contributed by atoms with Gasteiger partial charge in [-0.15, -0.1) is 0 Å². The van der Waals surface area contributed by atoms with Gasteiger partial charge < -0.3 is 14.2 Å². The molecule has 25 heavy (non-hydrogen) atoms. The highest BCUT2D eigenvalue weighted by Gasteiger charge is 2.53. The van der Waals surface area contributed by atoms with Crippen LogP contribution in [-0.4, -0.2) is 51.0 Å². The van der Waals surface area contributed by atoms with Crippen LogP contribution in [0.15, 0.2) is 0 Å². The standard InChI is InChI=1S/C13H19F3O8S/c1-6-7(2)11(24-25(19,20)13(14,15)16)12(22-9(4)18)23-10(6)5-21-8(3)17/h6-7,10-12H,5H2,1-4H3. The van der Waals surface area contributed by atoms with Crippen molar-refractivity contribution >= 4 is 22.1 Å². The van der Waals surface area contributed by atoms with Gasteiger partial charge in [0.2, 0.25) is 6.29 Å². The molecule has 1 rings (SSSR count). The lowest BCUT2D eigenvalue weighted by atomic mass is 9.84. The highest BCUT2D eigenvalue weighted by Crippen LogP contribution is 2.37. The maximum Gasteiger partial charge on any atom is 0.523 e. The maximum absolute atomic E-state index is 12.6. The summed E-state index contributed by atoms with van der Waals surface area (Å²) >= 11 is 0. The van der Waals surface area contributed by atoms with Crippen molar-refractivity contribution in [2.24, 2.45) is 11.8 Å². The van der Waals surface area contributed by atoms with Crippen LogP contribution in [0.5, 0.6) is 0 Å². The molecule has 1 aliphatic rings. The molecule has 0 radical (unpaired) electrons. The van der Waals surface area contributed by atoms with Gasteiger partial charge in [-0.2, -0.15) is 21.6 Å². The Morgan fingerprint density at radius 2 is 1.64 bits per heavy atom. The highest BCUT2D eigenvalue weighted by atomic mass is 32.2. The molecule has 1 aliphatic heterocycles. The first-order chi connectivity index (χ1) is 11.3. The lowest BCUT2D eigenvalue weighted by Gasteiger charge is -2.42. The van der Waals surface area contributed by atoms with E-state index < -0.39 is 57.9 Å². The van der Waals surface area contributed by atoms with E-state index in [1.165, 1.54) is 6.92 Å². The second kappa shape index (κ2) is 7.87. The van der Waals surface area contributed by atoms with Crippen LogP contribution in [0.4, 0.5) is 13.2 Å². The van der Waals surface area contributed by atoms with Crippen LogP contribution in [0.25, 0.3) is 0 Å². The second-order valence-corrected chi connectivity index (χ2v) is 7.20. The summed E-state index contributed by atoms with van der Waals surface area (Å²) < 4.78 is 79.4. The summed E-state index contributed by atoms with van der Waals surface area (Å²) in [6.45, 7) is 4.86. The first kappa shape index (κ1) is 21.6. The smallest absolute Gasteiger partial charge is 0.463 e. The van der Waals surface area contributed by atoms with Crippen LogP contribution < -0.4 is 0 Å². The fraction of sp³-hybridized carbons (Fsp3) is 0.846. The van der Waals surface area contributed by atoms with E-state index in [2.05, 4.69) is 4.18 Å². The lowest BCUT2D eigenvalue weighted by Crippen LogP contribution is -2.54. The third-order valence-corrected chi connectivity index (χ3v) is 4.81. The van der Waals surface area contributed by atoms with Gasteiger partial charge in [0.15, 0.2) is 0 Å². The van der Waals surface area contributed by atoms with E-state index >= 15 is 0 Å². The molecule has 0 aliphatic carbocycles. The number of ether oxygens (including phenoxy) is 3. The molecule has 12 heteroatoms. The van der Waals surface area contributed by atoms with Crippen molar-refractivity contribution < 1.29 is 49.6 Å². The molecular formula is C13H19F3O8S. The third-order valence-electron chi connectivity index (χ3n) is 3.77. The molecule has 1 heterocycles. The van der Waals surface area contributed by atoms with E-state index in [-0.39, 0.29) is 6.61 Å². The van der Waals surface area contributed by atoms with Crippen molar-refractivity contribution in [3.63, 3.8) is 0 Å². The summed E-state index contributed by atoms with van der Waals surface area (Å²) in [6, 6.07) is 0. The fourth-order valence-corrected chi connectivity index (χ4v) is 2.91. The molecule has 0 aromatic rings. The van der Waals surface area contributed by atoms with Gasteiger partial charge in [0.05, 0.1) is 6.10 Å². The molecule has 0 aromatic carbocycles. The predicted octanol–water partition coefficient (Wildman–Crippen LogP) is 1.34. The van der Waals surface area contributed by atoms with Crippen LogP contribution in [0.2, 0.25) is 0 Å². The van der Waals surface area contributed by atoms with Crippen LogP contribution in [0.1, 0.15) is 27.7 Å². The number of halogens is 3. The minimum Gasteiger partial charge on any atom is -0.463 e. The fourth-order valence-electron chi connectivity index (χ4n) is 2.24. The molecule has 5 atom stereocenters. The second-order valence-electron chi connectivity index (χ2n) is 5.63. The van der Waals surface area contributed by atoms with Crippen LogP contribution >= 0.6 is 0 Å². The number of carbonyl (C=O) groups is 2. The Labute approximate surface area is 142 Å². The summed E-state index contributed by atoms with van der Waals surface area (Å²) in [6.07, 6.45) is -4.24. The summed E-state index contributed by atoms with van der Waals surface area (Å²) in [5.74, 6) is -2.89. The molecule has 146 valence electrons. The summed E-state index contributed by atoms with van der Waals surface area (Å²) in [5.41, 5.74) is -5.63. The Bertz CT molecular complexity index is 603. The first-order valence-electron chi connectivity index (χ1n) is 7.22. The normalized spacial score (nSPS) is 30.6. The number of esters is 2. The maximum atomic E-state index is 12.6. The molecule has 5 unspecified atom stereocenters. The van der Waals surface area contributed by atoms with Gasteiger partial charge in [-0.05, 0) is 11.8 Å². The van der Waals surface area contributed by atoms with Crippen LogP contribution in [-0.2, 0) is 38.1 Å². The van der Waals surface area contributed by atoms with Crippen molar-refractivity contribution in [3.05, 3.63) is 0 Å². The average Bonchev–Trinajstić information content (AvgIpc) is 2.43. The number of carbonyl (C=O) groups excluding carboxylic acids is 2.